The second-order valence-electron chi connectivity index (χ2n) is 7.93. The van der Waals surface area contributed by atoms with Gasteiger partial charge in [-0.25, -0.2) is 8.42 Å². The van der Waals surface area contributed by atoms with Gasteiger partial charge in [0.05, 0.1) is 4.90 Å². The Morgan fingerprint density at radius 3 is 1.65 bits per heavy atom. The predicted molar refractivity (Wildman–Crippen MR) is 134 cm³/mol. The number of sulfone groups is 1. The van der Waals surface area contributed by atoms with E-state index in [1.165, 1.54) is 0 Å². The summed E-state index contributed by atoms with van der Waals surface area (Å²) in [4.78, 5) is 14.6. The molecule has 0 saturated carbocycles. The van der Waals surface area contributed by atoms with E-state index in [4.69, 9.17) is 0 Å². The molecule has 0 saturated heterocycles. The van der Waals surface area contributed by atoms with Crippen LogP contribution in [0.25, 0.3) is 0 Å². The zero-order valence-corrected chi connectivity index (χ0v) is 21.1. The maximum absolute atomic E-state index is 14.3. The fraction of sp³-hybridized carbons (Fsp3) is 0.240. The standard InChI is InChI=1S/C25H27BrO3SSi/c1-20(26)18-19-24(30(28,29)21-12-6-3-7-13-21)25(27)31(2,22-14-8-4-9-15-22)23-16-10-5-11-17-23/h3-17,20,24H,18-19H2,1-2H3. The molecule has 31 heavy (non-hydrogen) atoms. The molecule has 0 spiro atoms. The minimum atomic E-state index is -3.83. The Kier molecular flexibility index (Phi) is 7.67. The third-order valence-corrected chi connectivity index (χ3v) is 12.9. The van der Waals surface area contributed by atoms with Gasteiger partial charge in [-0.05, 0) is 35.3 Å². The van der Waals surface area contributed by atoms with Crippen molar-refractivity contribution < 1.29 is 13.2 Å². The van der Waals surface area contributed by atoms with E-state index in [2.05, 4.69) is 15.9 Å². The van der Waals surface area contributed by atoms with E-state index in [0.29, 0.717) is 6.42 Å². The van der Waals surface area contributed by atoms with Gasteiger partial charge in [0.15, 0.2) is 17.9 Å². The first kappa shape index (κ1) is 23.6. The molecule has 0 bridgehead atoms. The number of benzene rings is 3. The third-order valence-electron chi connectivity index (χ3n) is 5.76. The minimum Gasteiger partial charge on any atom is -0.303 e. The SMILES string of the molecule is CC(Br)CCC(C(=O)[Si](C)(c1ccccc1)c1ccccc1)S(=O)(=O)c1ccccc1. The molecule has 0 aliphatic heterocycles. The van der Waals surface area contributed by atoms with Crippen molar-refractivity contribution in [3.63, 3.8) is 0 Å². The lowest BCUT2D eigenvalue weighted by Crippen LogP contribution is -2.66. The molecule has 3 rings (SSSR count). The summed E-state index contributed by atoms with van der Waals surface area (Å²) in [5, 5.41) is 0.589. The van der Waals surface area contributed by atoms with Gasteiger partial charge in [-0.1, -0.05) is 108 Å². The number of carbonyl (C=O) groups excluding carboxylic acids is 1. The largest absolute Gasteiger partial charge is 0.303 e. The molecule has 162 valence electrons. The lowest BCUT2D eigenvalue weighted by atomic mass is 10.2. The Morgan fingerprint density at radius 2 is 1.23 bits per heavy atom. The Bertz CT molecular complexity index is 1060. The minimum absolute atomic E-state index is 0.121. The van der Waals surface area contributed by atoms with Crippen molar-refractivity contribution in [3.05, 3.63) is 91.0 Å². The second kappa shape index (κ2) is 10.1. The first-order valence-electron chi connectivity index (χ1n) is 10.4. The van der Waals surface area contributed by atoms with Crippen LogP contribution >= 0.6 is 15.9 Å². The molecule has 3 nitrogen and oxygen atoms in total. The summed E-state index contributed by atoms with van der Waals surface area (Å²) >= 11 is 3.52. The third kappa shape index (κ3) is 5.08. The van der Waals surface area contributed by atoms with Crippen LogP contribution in [0.3, 0.4) is 0 Å². The molecular formula is C25H27BrO3SSi. The van der Waals surface area contributed by atoms with E-state index < -0.39 is 23.2 Å². The average Bonchev–Trinajstić information content (AvgIpc) is 2.80. The van der Waals surface area contributed by atoms with Gasteiger partial charge < -0.3 is 4.79 Å². The van der Waals surface area contributed by atoms with Gasteiger partial charge in [0.1, 0.15) is 10.7 Å². The number of carbonyl (C=O) groups is 1. The van der Waals surface area contributed by atoms with Gasteiger partial charge in [0.25, 0.3) is 0 Å². The average molecular weight is 516 g/mol. The van der Waals surface area contributed by atoms with Crippen LogP contribution in [-0.2, 0) is 14.6 Å². The summed E-state index contributed by atoms with van der Waals surface area (Å²) in [5.74, 6) is 0. The van der Waals surface area contributed by atoms with Crippen LogP contribution in [0.5, 0.6) is 0 Å². The van der Waals surface area contributed by atoms with Crippen LogP contribution in [0.2, 0.25) is 6.55 Å². The summed E-state index contributed by atoms with van der Waals surface area (Å²) in [6.07, 6.45) is 0.876. The maximum Gasteiger partial charge on any atom is 0.192 e. The Labute approximate surface area is 194 Å². The number of halogens is 1. The second-order valence-corrected chi connectivity index (χ2v) is 15.5. The van der Waals surface area contributed by atoms with Crippen molar-refractivity contribution in [2.24, 2.45) is 0 Å². The first-order chi connectivity index (χ1) is 14.8. The summed E-state index contributed by atoms with van der Waals surface area (Å²) in [7, 11) is -6.85. The predicted octanol–water partition coefficient (Wildman–Crippen LogP) is 4.39. The van der Waals surface area contributed by atoms with Crippen molar-refractivity contribution in [3.8, 4) is 0 Å². The maximum atomic E-state index is 14.3. The molecule has 0 heterocycles. The smallest absolute Gasteiger partial charge is 0.192 e. The molecule has 2 unspecified atom stereocenters. The monoisotopic (exact) mass is 514 g/mol. The zero-order valence-electron chi connectivity index (χ0n) is 17.7. The number of hydrogen-bond acceptors (Lipinski definition) is 3. The quantitative estimate of drug-likeness (QED) is 0.314. The van der Waals surface area contributed by atoms with Gasteiger partial charge in [0.2, 0.25) is 0 Å². The summed E-state index contributed by atoms with van der Waals surface area (Å²) in [6, 6.07) is 27.7. The van der Waals surface area contributed by atoms with E-state index >= 15 is 0 Å². The molecule has 2 atom stereocenters. The molecule has 0 aliphatic rings. The van der Waals surface area contributed by atoms with Gasteiger partial charge in [-0.3, -0.25) is 0 Å². The summed E-state index contributed by atoms with van der Waals surface area (Å²) in [6.45, 7) is 3.95. The molecule has 0 fully saturated rings. The van der Waals surface area contributed by atoms with E-state index in [0.717, 1.165) is 10.4 Å². The van der Waals surface area contributed by atoms with Gasteiger partial charge in [0, 0.05) is 4.83 Å². The highest BCUT2D eigenvalue weighted by Crippen LogP contribution is 2.25. The van der Waals surface area contributed by atoms with Crippen LogP contribution in [0.1, 0.15) is 19.8 Å². The number of rotatable bonds is 9. The van der Waals surface area contributed by atoms with Crippen molar-refractivity contribution in [1.29, 1.82) is 0 Å². The summed E-state index contributed by atoms with van der Waals surface area (Å²) in [5.41, 5.74) is 0. The van der Waals surface area contributed by atoms with Crippen LogP contribution in [0.4, 0.5) is 0 Å². The normalized spacial score (nSPS) is 14.0. The molecule has 0 aliphatic carbocycles. The topological polar surface area (TPSA) is 51.2 Å². The van der Waals surface area contributed by atoms with Crippen LogP contribution in [0, 0.1) is 0 Å². The van der Waals surface area contributed by atoms with Crippen molar-refractivity contribution in [2.75, 3.05) is 0 Å². The lowest BCUT2D eigenvalue weighted by Gasteiger charge is -2.31. The molecule has 3 aromatic carbocycles. The van der Waals surface area contributed by atoms with Crippen molar-refractivity contribution in [2.45, 2.75) is 41.3 Å². The van der Waals surface area contributed by atoms with Gasteiger partial charge >= 0.3 is 0 Å². The molecule has 0 radical (unpaired) electrons. The molecule has 0 aromatic heterocycles. The zero-order chi connectivity index (χ0) is 22.5. The van der Waals surface area contributed by atoms with Gasteiger partial charge in [-0.2, -0.15) is 0 Å². The first-order valence-corrected chi connectivity index (χ1v) is 15.3. The summed E-state index contributed by atoms with van der Waals surface area (Å²) < 4.78 is 27.4. The van der Waals surface area contributed by atoms with E-state index in [-0.39, 0.29) is 21.5 Å². The molecule has 0 N–H and O–H groups in total. The fourth-order valence-electron chi connectivity index (χ4n) is 3.90. The Hall–Kier alpha value is -2.02. The lowest BCUT2D eigenvalue weighted by molar-refractivity contribution is -0.112. The Balaban J connectivity index is 2.17. The van der Waals surface area contributed by atoms with Gasteiger partial charge in [-0.15, -0.1) is 0 Å². The fourth-order valence-corrected chi connectivity index (χ4v) is 10.3. The van der Waals surface area contributed by atoms with E-state index in [9.17, 15) is 13.2 Å². The van der Waals surface area contributed by atoms with Crippen LogP contribution in [-0.4, -0.2) is 32.0 Å². The van der Waals surface area contributed by atoms with Crippen LogP contribution in [0.15, 0.2) is 95.9 Å². The Morgan fingerprint density at radius 1 is 0.806 bits per heavy atom. The molecule has 3 aromatic rings. The van der Waals surface area contributed by atoms with Crippen molar-refractivity contribution in [1.82, 2.24) is 0 Å². The van der Waals surface area contributed by atoms with E-state index in [1.807, 2.05) is 74.1 Å². The highest BCUT2D eigenvalue weighted by atomic mass is 79.9. The highest BCUT2D eigenvalue weighted by molar-refractivity contribution is 9.09. The molecular weight excluding hydrogens is 488 g/mol. The van der Waals surface area contributed by atoms with E-state index in [1.54, 1.807) is 30.3 Å². The number of hydrogen-bond donors (Lipinski definition) is 0. The molecule has 6 heteroatoms. The number of alkyl halides is 1. The highest BCUT2D eigenvalue weighted by Gasteiger charge is 2.47. The van der Waals surface area contributed by atoms with Crippen LogP contribution < -0.4 is 10.4 Å². The van der Waals surface area contributed by atoms with Crippen molar-refractivity contribution >= 4 is 49.6 Å². The molecule has 0 amide bonds.